The molecular weight excluding hydrogens is 352 g/mol. The van der Waals surface area contributed by atoms with Gasteiger partial charge in [0.25, 0.3) is 0 Å². The highest BCUT2D eigenvalue weighted by Crippen LogP contribution is 2.33. The first-order valence-corrected chi connectivity index (χ1v) is 8.49. The minimum atomic E-state index is -4.93. The third kappa shape index (κ3) is 3.25. The molecule has 0 unspecified atom stereocenters. The van der Waals surface area contributed by atoms with Crippen molar-refractivity contribution in [3.05, 3.63) is 29.6 Å². The zero-order valence-electron chi connectivity index (χ0n) is 12.9. The van der Waals surface area contributed by atoms with Crippen LogP contribution in [0.2, 0.25) is 0 Å². The van der Waals surface area contributed by atoms with Gasteiger partial charge in [-0.1, -0.05) is 0 Å². The summed E-state index contributed by atoms with van der Waals surface area (Å²) in [6, 6.07) is 1.93. The number of carbonyl (C=O) groups excluding carboxylic acids is 1. The first-order valence-electron chi connectivity index (χ1n) is 7.05. The van der Waals surface area contributed by atoms with Gasteiger partial charge in [-0.15, -0.1) is 0 Å². The first kappa shape index (κ1) is 18.7. The molecule has 0 aromatic heterocycles. The molecule has 0 bridgehead atoms. The van der Waals surface area contributed by atoms with Crippen LogP contribution in [0.15, 0.2) is 18.2 Å². The van der Waals surface area contributed by atoms with Crippen LogP contribution in [-0.2, 0) is 21.0 Å². The summed E-state index contributed by atoms with van der Waals surface area (Å²) in [4.78, 5) is 12.3. The molecule has 0 saturated carbocycles. The molecule has 1 amide bonds. The molecule has 0 spiro atoms. The fourth-order valence-electron chi connectivity index (χ4n) is 2.07. The van der Waals surface area contributed by atoms with Crippen molar-refractivity contribution in [2.24, 2.45) is 0 Å². The van der Waals surface area contributed by atoms with E-state index in [0.717, 1.165) is 10.4 Å². The van der Waals surface area contributed by atoms with Gasteiger partial charge in [-0.05, 0) is 38.5 Å². The van der Waals surface area contributed by atoms with Crippen LogP contribution in [0.25, 0.3) is 0 Å². The van der Waals surface area contributed by atoms with Crippen molar-refractivity contribution in [2.75, 3.05) is 18.4 Å². The summed E-state index contributed by atoms with van der Waals surface area (Å²) < 4.78 is 75.3. The SMILES string of the molecule is CC(C)(C(=O)Nc1ccc(F)c(C(F)(F)F)c1)S(=O)(=O)N1CCC1. The number of hydrogen-bond donors (Lipinski definition) is 1. The van der Waals surface area contributed by atoms with Gasteiger partial charge in [0.1, 0.15) is 5.82 Å². The average molecular weight is 368 g/mol. The summed E-state index contributed by atoms with van der Waals surface area (Å²) in [6.45, 7) is 2.94. The number of hydrogen-bond acceptors (Lipinski definition) is 3. The minimum absolute atomic E-state index is 0.299. The second kappa shape index (κ2) is 5.99. The van der Waals surface area contributed by atoms with Gasteiger partial charge in [0.15, 0.2) is 4.75 Å². The Morgan fingerprint density at radius 1 is 1.21 bits per heavy atom. The molecule has 0 radical (unpaired) electrons. The molecule has 1 aromatic carbocycles. The highest BCUT2D eigenvalue weighted by atomic mass is 32.2. The number of sulfonamides is 1. The predicted octanol–water partition coefficient (Wildman–Crippen LogP) is 2.60. The first-order chi connectivity index (χ1) is 10.9. The Hall–Kier alpha value is -1.68. The van der Waals surface area contributed by atoms with E-state index in [1.807, 2.05) is 0 Å². The van der Waals surface area contributed by atoms with Crippen LogP contribution in [0, 0.1) is 5.82 Å². The fourth-order valence-corrected chi connectivity index (χ4v) is 3.74. The monoisotopic (exact) mass is 368 g/mol. The van der Waals surface area contributed by atoms with Crippen LogP contribution < -0.4 is 5.32 Å². The second-order valence-corrected chi connectivity index (χ2v) is 8.40. The molecule has 1 aliphatic rings. The van der Waals surface area contributed by atoms with Gasteiger partial charge in [0.2, 0.25) is 15.9 Å². The summed E-state index contributed by atoms with van der Waals surface area (Å²) in [6.07, 6.45) is -4.24. The van der Waals surface area contributed by atoms with Crippen LogP contribution in [0.3, 0.4) is 0 Å². The molecule has 1 heterocycles. The Bertz CT molecular complexity index is 756. The fraction of sp³-hybridized carbons (Fsp3) is 0.500. The number of carbonyl (C=O) groups is 1. The van der Waals surface area contributed by atoms with Crippen molar-refractivity contribution in [3.8, 4) is 0 Å². The molecular formula is C14H16F4N2O3S. The van der Waals surface area contributed by atoms with Crippen LogP contribution in [0.4, 0.5) is 23.2 Å². The topological polar surface area (TPSA) is 66.5 Å². The second-order valence-electron chi connectivity index (χ2n) is 5.91. The molecule has 0 atom stereocenters. The van der Waals surface area contributed by atoms with Gasteiger partial charge in [0.05, 0.1) is 5.56 Å². The molecule has 0 aliphatic carbocycles. The highest BCUT2D eigenvalue weighted by Gasteiger charge is 2.47. The molecule has 1 fully saturated rings. The summed E-state index contributed by atoms with van der Waals surface area (Å²) in [7, 11) is -3.94. The third-order valence-corrected chi connectivity index (χ3v) is 6.40. The van der Waals surface area contributed by atoms with Crippen molar-refractivity contribution >= 4 is 21.6 Å². The van der Waals surface area contributed by atoms with Crippen molar-refractivity contribution in [1.29, 1.82) is 0 Å². The molecule has 134 valence electrons. The zero-order chi connectivity index (χ0) is 18.3. The lowest BCUT2D eigenvalue weighted by Crippen LogP contribution is -2.55. The molecule has 1 aromatic rings. The van der Waals surface area contributed by atoms with E-state index in [0.29, 0.717) is 31.6 Å². The molecule has 1 saturated heterocycles. The number of benzene rings is 1. The van der Waals surface area contributed by atoms with E-state index < -0.39 is 38.2 Å². The van der Waals surface area contributed by atoms with Crippen LogP contribution in [0.5, 0.6) is 0 Å². The zero-order valence-corrected chi connectivity index (χ0v) is 13.8. The van der Waals surface area contributed by atoms with Crippen molar-refractivity contribution in [1.82, 2.24) is 4.31 Å². The summed E-state index contributed by atoms with van der Waals surface area (Å²) in [5.41, 5.74) is -1.87. The number of anilines is 1. The Labute approximate surface area is 136 Å². The van der Waals surface area contributed by atoms with Crippen molar-refractivity contribution in [3.63, 3.8) is 0 Å². The van der Waals surface area contributed by atoms with Crippen LogP contribution >= 0.6 is 0 Å². The van der Waals surface area contributed by atoms with Gasteiger partial charge >= 0.3 is 6.18 Å². The maximum atomic E-state index is 13.3. The Kier molecular flexibility index (Phi) is 4.66. The van der Waals surface area contributed by atoms with E-state index in [1.54, 1.807) is 0 Å². The Morgan fingerprint density at radius 2 is 1.79 bits per heavy atom. The summed E-state index contributed by atoms with van der Waals surface area (Å²) in [5, 5.41) is 2.12. The number of rotatable bonds is 4. The lowest BCUT2D eigenvalue weighted by Gasteiger charge is -2.36. The van der Waals surface area contributed by atoms with E-state index in [2.05, 4.69) is 5.32 Å². The molecule has 24 heavy (non-hydrogen) atoms. The van der Waals surface area contributed by atoms with Crippen molar-refractivity contribution in [2.45, 2.75) is 31.2 Å². The largest absolute Gasteiger partial charge is 0.419 e. The quantitative estimate of drug-likeness (QED) is 0.831. The maximum Gasteiger partial charge on any atom is 0.419 e. The van der Waals surface area contributed by atoms with Gasteiger partial charge in [-0.3, -0.25) is 4.79 Å². The number of nitrogens with zero attached hydrogens (tertiary/aromatic N) is 1. The number of nitrogens with one attached hydrogen (secondary N) is 1. The Morgan fingerprint density at radius 3 is 2.25 bits per heavy atom. The standard InChI is InChI=1S/C14H16F4N2O3S/c1-13(2,24(22,23)20-6-3-7-20)12(21)19-9-4-5-11(15)10(8-9)14(16,17)18/h4-5,8H,3,6-7H2,1-2H3,(H,19,21). The third-order valence-electron chi connectivity index (χ3n) is 3.88. The number of amides is 1. The molecule has 2 rings (SSSR count). The molecule has 5 nitrogen and oxygen atoms in total. The Balaban J connectivity index is 2.26. The number of alkyl halides is 3. The van der Waals surface area contributed by atoms with Gasteiger partial charge < -0.3 is 5.32 Å². The van der Waals surface area contributed by atoms with E-state index in [4.69, 9.17) is 0 Å². The molecule has 10 heteroatoms. The summed E-state index contributed by atoms with van der Waals surface area (Å²) >= 11 is 0. The lowest BCUT2D eigenvalue weighted by atomic mass is 10.1. The summed E-state index contributed by atoms with van der Waals surface area (Å²) in [5.74, 6) is -2.47. The smallest absolute Gasteiger partial charge is 0.325 e. The van der Waals surface area contributed by atoms with Crippen LogP contribution in [-0.4, -0.2) is 36.5 Å². The molecule has 1 aliphatic heterocycles. The van der Waals surface area contributed by atoms with E-state index in [9.17, 15) is 30.8 Å². The number of halogens is 4. The highest BCUT2D eigenvalue weighted by molar-refractivity contribution is 7.91. The predicted molar refractivity (Wildman–Crippen MR) is 79.2 cm³/mol. The minimum Gasteiger partial charge on any atom is -0.325 e. The van der Waals surface area contributed by atoms with Gasteiger partial charge in [-0.25, -0.2) is 17.1 Å². The van der Waals surface area contributed by atoms with Gasteiger partial charge in [0, 0.05) is 18.8 Å². The van der Waals surface area contributed by atoms with Crippen LogP contribution in [0.1, 0.15) is 25.8 Å². The maximum absolute atomic E-state index is 13.3. The van der Waals surface area contributed by atoms with Gasteiger partial charge in [-0.2, -0.15) is 13.2 Å². The lowest BCUT2D eigenvalue weighted by molar-refractivity contribution is -0.140. The van der Waals surface area contributed by atoms with E-state index in [-0.39, 0.29) is 5.69 Å². The van der Waals surface area contributed by atoms with E-state index in [1.165, 1.54) is 13.8 Å². The van der Waals surface area contributed by atoms with E-state index >= 15 is 0 Å². The normalized spacial score (nSPS) is 16.6. The van der Waals surface area contributed by atoms with Crippen molar-refractivity contribution < 1.29 is 30.8 Å². The molecule has 1 N–H and O–H groups in total. The average Bonchev–Trinajstić information content (AvgIpc) is 2.36.